The van der Waals surface area contributed by atoms with Crippen LogP contribution in [-0.2, 0) is 20.7 Å². The molecule has 0 spiro atoms. The summed E-state index contributed by atoms with van der Waals surface area (Å²) in [5.41, 5.74) is 1.65. The van der Waals surface area contributed by atoms with Crippen molar-refractivity contribution in [3.05, 3.63) is 53.8 Å². The molecule has 172 valence electrons. The molecule has 3 rings (SSSR count). The molecule has 0 aliphatic carbocycles. The lowest BCUT2D eigenvalue weighted by molar-refractivity contribution is -0.151. The molecule has 2 aromatic rings. The van der Waals surface area contributed by atoms with Gasteiger partial charge in [0.2, 0.25) is 0 Å². The zero-order valence-corrected chi connectivity index (χ0v) is 18.5. The Hall–Kier alpha value is -3.29. The Kier molecular flexibility index (Phi) is 8.30. The number of amides is 1. The highest BCUT2D eigenvalue weighted by Crippen LogP contribution is 2.28. The first-order valence-corrected chi connectivity index (χ1v) is 10.8. The Labute approximate surface area is 187 Å². The van der Waals surface area contributed by atoms with Crippen molar-refractivity contribution in [2.45, 2.75) is 20.3 Å². The predicted molar refractivity (Wildman–Crippen MR) is 119 cm³/mol. The van der Waals surface area contributed by atoms with E-state index in [2.05, 4.69) is 4.90 Å². The maximum absolute atomic E-state index is 13.1. The third-order valence-corrected chi connectivity index (χ3v) is 5.14. The standard InChI is InChI=1S/C24H29FN2O5/c1-3-30-21-10-5-18(15-22(21)31-4-2)16-24(29)32-17-23(28)27-13-11-26(12-14-27)20-8-6-19(25)7-9-20/h5-10,15H,3-4,11-14,16-17H2,1-2H3. The molecule has 1 aliphatic rings. The summed E-state index contributed by atoms with van der Waals surface area (Å²) < 4.78 is 29.4. The van der Waals surface area contributed by atoms with Crippen molar-refractivity contribution in [1.29, 1.82) is 0 Å². The summed E-state index contributed by atoms with van der Waals surface area (Å²) >= 11 is 0. The number of carbonyl (C=O) groups is 2. The molecule has 1 aliphatic heterocycles. The second kappa shape index (κ2) is 11.4. The Bertz CT molecular complexity index is 911. The number of halogens is 1. The van der Waals surface area contributed by atoms with Gasteiger partial charge in [0.05, 0.1) is 19.6 Å². The van der Waals surface area contributed by atoms with Crippen LogP contribution in [0, 0.1) is 5.82 Å². The third kappa shape index (κ3) is 6.35. The molecule has 1 heterocycles. The van der Waals surface area contributed by atoms with E-state index in [-0.39, 0.29) is 24.8 Å². The van der Waals surface area contributed by atoms with E-state index >= 15 is 0 Å². The van der Waals surface area contributed by atoms with E-state index in [4.69, 9.17) is 14.2 Å². The molecule has 7 nitrogen and oxygen atoms in total. The molecule has 1 fully saturated rings. The Balaban J connectivity index is 1.45. The van der Waals surface area contributed by atoms with Crippen molar-refractivity contribution in [3.8, 4) is 11.5 Å². The molecule has 0 saturated carbocycles. The average Bonchev–Trinajstić information content (AvgIpc) is 2.80. The largest absolute Gasteiger partial charge is 0.490 e. The van der Waals surface area contributed by atoms with Gasteiger partial charge in [-0.25, -0.2) is 4.39 Å². The summed E-state index contributed by atoms with van der Waals surface area (Å²) in [6.07, 6.45) is 0.0398. The monoisotopic (exact) mass is 444 g/mol. The summed E-state index contributed by atoms with van der Waals surface area (Å²) in [5.74, 6) is 0.230. The van der Waals surface area contributed by atoms with E-state index in [0.717, 1.165) is 11.3 Å². The van der Waals surface area contributed by atoms with Crippen LogP contribution in [0.4, 0.5) is 10.1 Å². The lowest BCUT2D eigenvalue weighted by atomic mass is 10.1. The number of benzene rings is 2. The number of anilines is 1. The molecular weight excluding hydrogens is 415 g/mol. The molecule has 1 amide bonds. The Morgan fingerprint density at radius 2 is 1.56 bits per heavy atom. The smallest absolute Gasteiger partial charge is 0.310 e. The second-order valence-electron chi connectivity index (χ2n) is 7.33. The van der Waals surface area contributed by atoms with E-state index < -0.39 is 5.97 Å². The number of esters is 1. The van der Waals surface area contributed by atoms with Gasteiger partial charge in [-0.05, 0) is 55.8 Å². The number of rotatable bonds is 9. The Morgan fingerprint density at radius 1 is 0.906 bits per heavy atom. The predicted octanol–water partition coefficient (Wildman–Crippen LogP) is 3.06. The van der Waals surface area contributed by atoms with Gasteiger partial charge >= 0.3 is 5.97 Å². The van der Waals surface area contributed by atoms with Crippen LogP contribution in [0.25, 0.3) is 0 Å². The molecular formula is C24H29FN2O5. The van der Waals surface area contributed by atoms with Crippen LogP contribution >= 0.6 is 0 Å². The molecule has 0 N–H and O–H groups in total. The van der Waals surface area contributed by atoms with E-state index in [1.54, 1.807) is 35.2 Å². The van der Waals surface area contributed by atoms with Crippen LogP contribution < -0.4 is 14.4 Å². The van der Waals surface area contributed by atoms with E-state index in [0.29, 0.717) is 50.9 Å². The average molecular weight is 445 g/mol. The first-order valence-electron chi connectivity index (χ1n) is 10.8. The molecule has 0 atom stereocenters. The molecule has 0 unspecified atom stereocenters. The summed E-state index contributed by atoms with van der Waals surface area (Å²) in [7, 11) is 0. The number of hydrogen-bond acceptors (Lipinski definition) is 6. The first kappa shape index (κ1) is 23.4. The number of nitrogens with zero attached hydrogens (tertiary/aromatic N) is 2. The normalized spacial score (nSPS) is 13.6. The summed E-state index contributed by atoms with van der Waals surface area (Å²) in [6, 6.07) is 11.6. The van der Waals surface area contributed by atoms with Crippen molar-refractivity contribution in [2.24, 2.45) is 0 Å². The van der Waals surface area contributed by atoms with E-state index in [9.17, 15) is 14.0 Å². The van der Waals surface area contributed by atoms with Crippen molar-refractivity contribution < 1.29 is 28.2 Å². The topological polar surface area (TPSA) is 68.3 Å². The second-order valence-corrected chi connectivity index (χ2v) is 7.33. The van der Waals surface area contributed by atoms with Crippen LogP contribution in [0.5, 0.6) is 11.5 Å². The van der Waals surface area contributed by atoms with Gasteiger partial charge in [0.1, 0.15) is 5.82 Å². The quantitative estimate of drug-likeness (QED) is 0.554. The highest BCUT2D eigenvalue weighted by atomic mass is 19.1. The fourth-order valence-electron chi connectivity index (χ4n) is 3.52. The minimum absolute atomic E-state index is 0.0398. The van der Waals surface area contributed by atoms with Crippen molar-refractivity contribution in [2.75, 3.05) is 50.9 Å². The Morgan fingerprint density at radius 3 is 2.22 bits per heavy atom. The minimum Gasteiger partial charge on any atom is -0.490 e. The van der Waals surface area contributed by atoms with Crippen molar-refractivity contribution in [1.82, 2.24) is 4.90 Å². The van der Waals surface area contributed by atoms with Gasteiger partial charge in [-0.15, -0.1) is 0 Å². The third-order valence-electron chi connectivity index (χ3n) is 5.14. The zero-order chi connectivity index (χ0) is 22.9. The maximum Gasteiger partial charge on any atom is 0.310 e. The lowest BCUT2D eigenvalue weighted by Crippen LogP contribution is -2.50. The van der Waals surface area contributed by atoms with E-state index in [1.165, 1.54) is 12.1 Å². The van der Waals surface area contributed by atoms with Crippen LogP contribution in [0.15, 0.2) is 42.5 Å². The van der Waals surface area contributed by atoms with Gasteiger partial charge in [-0.1, -0.05) is 6.07 Å². The fourth-order valence-corrected chi connectivity index (χ4v) is 3.52. The lowest BCUT2D eigenvalue weighted by Gasteiger charge is -2.36. The van der Waals surface area contributed by atoms with Gasteiger partial charge in [0, 0.05) is 31.9 Å². The number of carbonyl (C=O) groups excluding carboxylic acids is 2. The first-order chi connectivity index (χ1) is 15.5. The number of ether oxygens (including phenoxy) is 3. The van der Waals surface area contributed by atoms with Gasteiger partial charge in [-0.2, -0.15) is 0 Å². The fraction of sp³-hybridized carbons (Fsp3) is 0.417. The summed E-state index contributed by atoms with van der Waals surface area (Å²) in [5, 5.41) is 0. The molecule has 0 radical (unpaired) electrons. The number of hydrogen-bond donors (Lipinski definition) is 0. The van der Waals surface area contributed by atoms with Gasteiger partial charge in [0.15, 0.2) is 18.1 Å². The summed E-state index contributed by atoms with van der Waals surface area (Å²) in [4.78, 5) is 28.5. The molecule has 1 saturated heterocycles. The molecule has 0 aromatic heterocycles. The van der Waals surface area contributed by atoms with Gasteiger partial charge in [-0.3, -0.25) is 9.59 Å². The van der Waals surface area contributed by atoms with Crippen molar-refractivity contribution >= 4 is 17.6 Å². The van der Waals surface area contributed by atoms with Crippen LogP contribution in [0.1, 0.15) is 19.4 Å². The highest BCUT2D eigenvalue weighted by Gasteiger charge is 2.22. The zero-order valence-electron chi connectivity index (χ0n) is 18.5. The van der Waals surface area contributed by atoms with Crippen LogP contribution in [0.3, 0.4) is 0 Å². The van der Waals surface area contributed by atoms with E-state index in [1.807, 2.05) is 13.8 Å². The van der Waals surface area contributed by atoms with Gasteiger partial charge in [0.25, 0.3) is 5.91 Å². The maximum atomic E-state index is 13.1. The molecule has 2 aromatic carbocycles. The number of piperazine rings is 1. The van der Waals surface area contributed by atoms with Crippen molar-refractivity contribution in [3.63, 3.8) is 0 Å². The van der Waals surface area contributed by atoms with Crippen LogP contribution in [-0.4, -0.2) is 62.8 Å². The molecule has 32 heavy (non-hydrogen) atoms. The highest BCUT2D eigenvalue weighted by molar-refractivity contribution is 5.81. The summed E-state index contributed by atoms with van der Waals surface area (Å²) in [6.45, 7) is 6.79. The van der Waals surface area contributed by atoms with Crippen LogP contribution in [0.2, 0.25) is 0 Å². The van der Waals surface area contributed by atoms with Gasteiger partial charge < -0.3 is 24.0 Å². The molecule has 8 heteroatoms. The SMILES string of the molecule is CCOc1ccc(CC(=O)OCC(=O)N2CCN(c3ccc(F)cc3)CC2)cc1OCC. The molecule has 0 bridgehead atoms. The minimum atomic E-state index is -0.477.